The van der Waals surface area contributed by atoms with Gasteiger partial charge in [0.1, 0.15) is 4.21 Å². The van der Waals surface area contributed by atoms with Gasteiger partial charge in [0.25, 0.3) is 15.9 Å². The standard InChI is InChI=1S/C19H18N2O4S2/c1-2-15-7-8-18(26-15)27(23,24)20-14-6-5-13-9-10-21(16(13)12-14)19(22)17-4-3-11-25-17/h3-8,11-12,20H,2,9-10H2,1H3. The van der Waals surface area contributed by atoms with Crippen molar-refractivity contribution >= 4 is 38.6 Å². The molecule has 0 fully saturated rings. The Kier molecular flexibility index (Phi) is 4.53. The van der Waals surface area contributed by atoms with Crippen LogP contribution in [-0.4, -0.2) is 20.9 Å². The van der Waals surface area contributed by atoms with E-state index < -0.39 is 10.0 Å². The Bertz CT molecular complexity index is 1080. The second kappa shape index (κ2) is 6.86. The summed E-state index contributed by atoms with van der Waals surface area (Å²) in [6, 6.07) is 12.0. The van der Waals surface area contributed by atoms with Crippen molar-refractivity contribution in [2.75, 3.05) is 16.2 Å². The minimum absolute atomic E-state index is 0.232. The smallest absolute Gasteiger partial charge is 0.293 e. The molecule has 1 aromatic carbocycles. The lowest BCUT2D eigenvalue weighted by Gasteiger charge is -2.17. The molecule has 1 aliphatic rings. The third-order valence-electron chi connectivity index (χ3n) is 4.46. The highest BCUT2D eigenvalue weighted by atomic mass is 32.2. The van der Waals surface area contributed by atoms with E-state index in [1.165, 1.54) is 17.6 Å². The van der Waals surface area contributed by atoms with Gasteiger partial charge in [-0.15, -0.1) is 11.3 Å². The molecule has 0 spiro atoms. The number of amides is 1. The summed E-state index contributed by atoms with van der Waals surface area (Å²) in [4.78, 5) is 15.3. The van der Waals surface area contributed by atoms with Gasteiger partial charge in [-0.1, -0.05) is 13.0 Å². The van der Waals surface area contributed by atoms with E-state index >= 15 is 0 Å². The number of aryl methyl sites for hydroxylation is 1. The van der Waals surface area contributed by atoms with Gasteiger partial charge in [-0.05, 0) is 54.8 Å². The van der Waals surface area contributed by atoms with Crippen LogP contribution in [-0.2, 0) is 22.9 Å². The molecule has 3 heterocycles. The van der Waals surface area contributed by atoms with Gasteiger partial charge in [0, 0.05) is 17.1 Å². The molecule has 6 nitrogen and oxygen atoms in total. The van der Waals surface area contributed by atoms with E-state index in [-0.39, 0.29) is 15.9 Å². The Hall–Kier alpha value is -2.58. The Morgan fingerprint density at radius 1 is 1.26 bits per heavy atom. The average molecular weight is 402 g/mol. The van der Waals surface area contributed by atoms with Gasteiger partial charge >= 0.3 is 0 Å². The van der Waals surface area contributed by atoms with E-state index in [0.717, 1.165) is 23.3 Å². The predicted molar refractivity (Wildman–Crippen MR) is 105 cm³/mol. The molecule has 2 aromatic heterocycles. The normalized spacial score (nSPS) is 13.6. The number of thiophene rings is 1. The molecule has 1 N–H and O–H groups in total. The minimum Gasteiger partial charge on any atom is -0.459 e. The van der Waals surface area contributed by atoms with Crippen LogP contribution in [0.5, 0.6) is 0 Å². The number of nitrogens with one attached hydrogen (secondary N) is 1. The van der Waals surface area contributed by atoms with Crippen LogP contribution in [0, 0.1) is 0 Å². The summed E-state index contributed by atoms with van der Waals surface area (Å²) in [7, 11) is -3.65. The summed E-state index contributed by atoms with van der Waals surface area (Å²) in [6.45, 7) is 2.52. The molecule has 3 aromatic rings. The van der Waals surface area contributed by atoms with Crippen molar-refractivity contribution < 1.29 is 17.6 Å². The van der Waals surface area contributed by atoms with Gasteiger partial charge in [-0.25, -0.2) is 8.42 Å². The molecule has 140 valence electrons. The van der Waals surface area contributed by atoms with Crippen molar-refractivity contribution in [3.8, 4) is 0 Å². The fraction of sp³-hybridized carbons (Fsp3) is 0.211. The number of hydrogen-bond acceptors (Lipinski definition) is 5. The highest BCUT2D eigenvalue weighted by Gasteiger charge is 2.28. The zero-order valence-corrected chi connectivity index (χ0v) is 16.3. The fourth-order valence-corrected chi connectivity index (χ4v) is 5.43. The van der Waals surface area contributed by atoms with Gasteiger partial charge in [0.15, 0.2) is 5.76 Å². The number of benzene rings is 1. The molecule has 8 heteroatoms. The van der Waals surface area contributed by atoms with E-state index in [2.05, 4.69) is 4.72 Å². The average Bonchev–Trinajstić information content (AvgIpc) is 3.39. The Balaban J connectivity index is 1.61. The molecule has 4 rings (SSSR count). The predicted octanol–water partition coefficient (Wildman–Crippen LogP) is 3.91. The molecule has 1 amide bonds. The molecule has 1 aliphatic heterocycles. The Morgan fingerprint density at radius 3 is 2.81 bits per heavy atom. The monoisotopic (exact) mass is 402 g/mol. The molecule has 0 aliphatic carbocycles. The molecule has 27 heavy (non-hydrogen) atoms. The van der Waals surface area contributed by atoms with Crippen molar-refractivity contribution in [1.29, 1.82) is 0 Å². The molecule has 0 bridgehead atoms. The van der Waals surface area contributed by atoms with Crippen LogP contribution in [0.15, 0.2) is 57.4 Å². The minimum atomic E-state index is -3.65. The number of nitrogens with zero attached hydrogens (tertiary/aromatic N) is 1. The third-order valence-corrected chi connectivity index (χ3v) is 7.56. The molecular weight excluding hydrogens is 384 g/mol. The van der Waals surface area contributed by atoms with Gasteiger partial charge < -0.3 is 9.32 Å². The van der Waals surface area contributed by atoms with Gasteiger partial charge in [-0.3, -0.25) is 9.52 Å². The maximum atomic E-state index is 12.6. The summed E-state index contributed by atoms with van der Waals surface area (Å²) >= 11 is 1.26. The maximum Gasteiger partial charge on any atom is 0.293 e. The third kappa shape index (κ3) is 3.38. The van der Waals surface area contributed by atoms with E-state index in [1.807, 2.05) is 19.1 Å². The number of hydrogen-bond donors (Lipinski definition) is 1. The van der Waals surface area contributed by atoms with Crippen LogP contribution in [0.4, 0.5) is 11.4 Å². The number of fused-ring (bicyclic) bond motifs is 1. The molecule has 0 radical (unpaired) electrons. The van der Waals surface area contributed by atoms with Crippen molar-refractivity contribution in [2.24, 2.45) is 0 Å². The fourth-order valence-electron chi connectivity index (χ4n) is 3.09. The summed E-state index contributed by atoms with van der Waals surface area (Å²) in [5.41, 5.74) is 2.14. The molecular formula is C19H18N2O4S2. The van der Waals surface area contributed by atoms with Crippen LogP contribution >= 0.6 is 11.3 Å². The van der Waals surface area contributed by atoms with Crippen LogP contribution in [0.2, 0.25) is 0 Å². The lowest BCUT2D eigenvalue weighted by atomic mass is 10.1. The number of rotatable bonds is 5. The number of sulfonamides is 1. The van der Waals surface area contributed by atoms with E-state index in [0.29, 0.717) is 17.9 Å². The highest BCUT2D eigenvalue weighted by Crippen LogP contribution is 2.33. The summed E-state index contributed by atoms with van der Waals surface area (Å²) in [5.74, 6) is 0.0316. The number of furan rings is 1. The maximum absolute atomic E-state index is 12.6. The van der Waals surface area contributed by atoms with Crippen LogP contribution in [0.25, 0.3) is 0 Å². The van der Waals surface area contributed by atoms with E-state index in [4.69, 9.17) is 4.42 Å². The lowest BCUT2D eigenvalue weighted by molar-refractivity contribution is 0.0963. The van der Waals surface area contributed by atoms with Crippen LogP contribution in [0.1, 0.15) is 27.9 Å². The second-order valence-electron chi connectivity index (χ2n) is 6.21. The number of carbonyl (C=O) groups excluding carboxylic acids is 1. The largest absolute Gasteiger partial charge is 0.459 e. The topological polar surface area (TPSA) is 79.6 Å². The zero-order valence-electron chi connectivity index (χ0n) is 14.6. The van der Waals surface area contributed by atoms with Crippen molar-refractivity contribution in [3.05, 3.63) is 64.9 Å². The first kappa shape index (κ1) is 17.8. The van der Waals surface area contributed by atoms with Gasteiger partial charge in [0.05, 0.1) is 12.0 Å². The SMILES string of the molecule is CCc1ccc(S(=O)(=O)Nc2ccc3c(c2)N(C(=O)c2ccco2)CC3)s1. The Morgan fingerprint density at radius 2 is 2.11 bits per heavy atom. The molecule has 0 unspecified atom stereocenters. The van der Waals surface area contributed by atoms with Crippen LogP contribution < -0.4 is 9.62 Å². The van der Waals surface area contributed by atoms with Crippen molar-refractivity contribution in [3.63, 3.8) is 0 Å². The first-order valence-corrected chi connectivity index (χ1v) is 10.9. The first-order chi connectivity index (χ1) is 13.0. The number of carbonyl (C=O) groups is 1. The quantitative estimate of drug-likeness (QED) is 0.702. The van der Waals surface area contributed by atoms with Gasteiger partial charge in [-0.2, -0.15) is 0 Å². The summed E-state index contributed by atoms with van der Waals surface area (Å²) in [5, 5.41) is 0. The van der Waals surface area contributed by atoms with Crippen molar-refractivity contribution in [2.45, 2.75) is 24.0 Å². The van der Waals surface area contributed by atoms with E-state index in [1.54, 1.807) is 35.2 Å². The second-order valence-corrected chi connectivity index (χ2v) is 9.28. The zero-order chi connectivity index (χ0) is 19.0. The summed E-state index contributed by atoms with van der Waals surface area (Å²) < 4.78 is 33.4. The van der Waals surface area contributed by atoms with E-state index in [9.17, 15) is 13.2 Å². The highest BCUT2D eigenvalue weighted by molar-refractivity contribution is 7.94. The Labute approximate surface area is 161 Å². The lowest BCUT2D eigenvalue weighted by Crippen LogP contribution is -2.28. The molecule has 0 saturated carbocycles. The number of anilines is 2. The van der Waals surface area contributed by atoms with Gasteiger partial charge in [0.2, 0.25) is 0 Å². The summed E-state index contributed by atoms with van der Waals surface area (Å²) in [6.07, 6.45) is 2.98. The first-order valence-electron chi connectivity index (χ1n) is 8.58. The molecule has 0 atom stereocenters. The van der Waals surface area contributed by atoms with Crippen LogP contribution in [0.3, 0.4) is 0 Å². The molecule has 0 saturated heterocycles. The van der Waals surface area contributed by atoms with Crippen molar-refractivity contribution in [1.82, 2.24) is 0 Å².